The van der Waals surface area contributed by atoms with Crippen LogP contribution in [0.3, 0.4) is 0 Å². The van der Waals surface area contributed by atoms with Crippen molar-refractivity contribution in [1.29, 1.82) is 0 Å². The largest absolute Gasteiger partial charge is 0.416 e. The van der Waals surface area contributed by atoms with Crippen LogP contribution in [0.5, 0.6) is 0 Å². The number of nitrogens with zero attached hydrogens (tertiary/aromatic N) is 2. The maximum atomic E-state index is 13.5. The molecule has 0 spiro atoms. The van der Waals surface area contributed by atoms with Crippen molar-refractivity contribution in [3.05, 3.63) is 35.4 Å². The van der Waals surface area contributed by atoms with E-state index < -0.39 is 24.0 Å². The normalized spacial score (nSPS) is 24.8. The third-order valence-corrected chi connectivity index (χ3v) is 6.33. The van der Waals surface area contributed by atoms with Gasteiger partial charge in [-0.1, -0.05) is 12.1 Å². The molecule has 34 heavy (non-hydrogen) atoms. The van der Waals surface area contributed by atoms with Crippen LogP contribution in [0.15, 0.2) is 24.3 Å². The Hall–Kier alpha value is -2.54. The highest BCUT2D eigenvalue weighted by molar-refractivity contribution is 5.79. The van der Waals surface area contributed by atoms with E-state index in [1.165, 1.54) is 4.90 Å². The topological polar surface area (TPSA) is 73.9 Å². The molecule has 3 aliphatic rings. The summed E-state index contributed by atoms with van der Waals surface area (Å²) < 4.78 is 84.1. The van der Waals surface area contributed by atoms with Crippen molar-refractivity contribution in [2.45, 2.75) is 37.0 Å². The number of hydrogen-bond donors (Lipinski definition) is 2. The van der Waals surface area contributed by atoms with Gasteiger partial charge in [0.05, 0.1) is 17.7 Å². The Balaban J connectivity index is 1.28. The minimum Gasteiger partial charge on any atom is -0.366 e. The van der Waals surface area contributed by atoms with Gasteiger partial charge in [-0.2, -0.15) is 26.3 Å². The first-order chi connectivity index (χ1) is 15.9. The van der Waals surface area contributed by atoms with Crippen LogP contribution in [0.25, 0.3) is 0 Å². The Morgan fingerprint density at radius 1 is 1.09 bits per heavy atom. The van der Waals surface area contributed by atoms with Crippen molar-refractivity contribution in [2.75, 3.05) is 39.3 Å². The molecule has 3 amide bonds. The number of fused-ring (bicyclic) bond motifs is 1. The van der Waals surface area contributed by atoms with E-state index in [-0.39, 0.29) is 61.8 Å². The molecule has 4 rings (SSSR count). The van der Waals surface area contributed by atoms with Gasteiger partial charge < -0.3 is 25.2 Å². The van der Waals surface area contributed by atoms with Gasteiger partial charge in [0.15, 0.2) is 0 Å². The summed E-state index contributed by atoms with van der Waals surface area (Å²) in [5, 5.41) is 5.20. The highest BCUT2D eigenvalue weighted by Gasteiger charge is 2.43. The Morgan fingerprint density at radius 2 is 1.76 bits per heavy atom. The lowest BCUT2D eigenvalue weighted by Gasteiger charge is -2.46. The van der Waals surface area contributed by atoms with Crippen LogP contribution >= 0.6 is 0 Å². The van der Waals surface area contributed by atoms with Gasteiger partial charge in [0, 0.05) is 38.6 Å². The molecule has 2 N–H and O–H groups in total. The van der Waals surface area contributed by atoms with E-state index in [1.807, 2.05) is 0 Å². The second-order valence-corrected chi connectivity index (χ2v) is 8.81. The van der Waals surface area contributed by atoms with E-state index in [1.54, 1.807) is 4.90 Å². The van der Waals surface area contributed by atoms with Gasteiger partial charge in [-0.05, 0) is 24.1 Å². The summed E-state index contributed by atoms with van der Waals surface area (Å²) in [6.07, 6.45) is -8.89. The highest BCUT2D eigenvalue weighted by atomic mass is 19.4. The van der Waals surface area contributed by atoms with Crippen LogP contribution in [-0.2, 0) is 15.7 Å². The van der Waals surface area contributed by atoms with Crippen molar-refractivity contribution < 1.29 is 40.7 Å². The number of morpholine rings is 1. The molecule has 13 heteroatoms. The zero-order valence-electron chi connectivity index (χ0n) is 18.0. The summed E-state index contributed by atoms with van der Waals surface area (Å²) in [6.45, 7) is 1.23. The van der Waals surface area contributed by atoms with Crippen LogP contribution < -0.4 is 10.6 Å². The molecule has 3 heterocycles. The van der Waals surface area contributed by atoms with Gasteiger partial charge in [-0.25, -0.2) is 4.79 Å². The smallest absolute Gasteiger partial charge is 0.366 e. The van der Waals surface area contributed by atoms with Crippen molar-refractivity contribution >= 4 is 11.9 Å². The molecule has 1 unspecified atom stereocenters. The number of nitrogens with one attached hydrogen (secondary N) is 2. The van der Waals surface area contributed by atoms with Gasteiger partial charge in [-0.3, -0.25) is 4.79 Å². The molecule has 0 aromatic heterocycles. The highest BCUT2D eigenvalue weighted by Crippen LogP contribution is 2.35. The van der Waals surface area contributed by atoms with Gasteiger partial charge in [0.1, 0.15) is 12.6 Å². The average molecular weight is 494 g/mol. The van der Waals surface area contributed by atoms with Crippen LogP contribution in [0.4, 0.5) is 31.1 Å². The molecule has 188 valence electrons. The van der Waals surface area contributed by atoms with Crippen molar-refractivity contribution in [3.63, 3.8) is 0 Å². The summed E-state index contributed by atoms with van der Waals surface area (Å²) in [5.74, 6) is -0.462. The molecule has 3 saturated heterocycles. The Labute approximate surface area is 191 Å². The van der Waals surface area contributed by atoms with E-state index >= 15 is 0 Å². The number of piperidine rings is 1. The second-order valence-electron chi connectivity index (χ2n) is 8.81. The molecule has 0 bridgehead atoms. The van der Waals surface area contributed by atoms with E-state index in [4.69, 9.17) is 4.74 Å². The molecule has 0 radical (unpaired) electrons. The number of carbonyl (C=O) groups is 2. The molecule has 3 fully saturated rings. The van der Waals surface area contributed by atoms with Gasteiger partial charge >= 0.3 is 18.4 Å². The first kappa shape index (κ1) is 24.6. The Kier molecular flexibility index (Phi) is 6.69. The molecular weight excluding hydrogens is 470 g/mol. The van der Waals surface area contributed by atoms with Crippen molar-refractivity contribution in [2.24, 2.45) is 5.92 Å². The number of carbonyl (C=O) groups excluding carboxylic acids is 2. The lowest BCUT2D eigenvalue weighted by atomic mass is 9.97. The molecule has 0 saturated carbocycles. The number of urea groups is 1. The molecular formula is C21H24F6N4O3. The van der Waals surface area contributed by atoms with Crippen molar-refractivity contribution in [3.8, 4) is 0 Å². The number of hydrogen-bond acceptors (Lipinski definition) is 4. The average Bonchev–Trinajstić information content (AvgIpc) is 2.73. The number of rotatable bonds is 4. The Morgan fingerprint density at radius 3 is 2.38 bits per heavy atom. The quantitative estimate of drug-likeness (QED) is 0.632. The van der Waals surface area contributed by atoms with Gasteiger partial charge in [0.2, 0.25) is 5.91 Å². The fourth-order valence-corrected chi connectivity index (χ4v) is 4.50. The van der Waals surface area contributed by atoms with E-state index in [0.29, 0.717) is 31.6 Å². The standard InChI is InChI=1S/C21H24F6N4O3/c22-20(23,24)14-3-1-13(2-4-14)18(21(25,26)27)28-7-12-8-31(9-12)19(33)30-6-5-16-15(10-30)29-17(32)11-34-16/h1-4,12,15-16,18,28H,5-11H2,(H,29,32)/t15-,16+,18?/m1/s1. The summed E-state index contributed by atoms with van der Waals surface area (Å²) in [6, 6.07) is 0.251. The lowest BCUT2D eigenvalue weighted by molar-refractivity contribution is -0.158. The fourth-order valence-electron chi connectivity index (χ4n) is 4.50. The first-order valence-electron chi connectivity index (χ1n) is 10.8. The monoisotopic (exact) mass is 494 g/mol. The van der Waals surface area contributed by atoms with E-state index in [0.717, 1.165) is 12.1 Å². The molecule has 1 aromatic carbocycles. The number of benzene rings is 1. The third kappa shape index (κ3) is 5.40. The van der Waals surface area contributed by atoms with E-state index in [9.17, 15) is 35.9 Å². The van der Waals surface area contributed by atoms with Crippen LogP contribution in [0, 0.1) is 5.92 Å². The van der Waals surface area contributed by atoms with E-state index in [2.05, 4.69) is 10.6 Å². The van der Waals surface area contributed by atoms with Crippen LogP contribution in [0.2, 0.25) is 0 Å². The summed E-state index contributed by atoms with van der Waals surface area (Å²) in [7, 11) is 0. The minimum atomic E-state index is -4.70. The Bertz CT molecular complexity index is 901. The summed E-state index contributed by atoms with van der Waals surface area (Å²) in [4.78, 5) is 27.4. The van der Waals surface area contributed by atoms with Gasteiger partial charge in [-0.15, -0.1) is 0 Å². The number of halogens is 6. The summed E-state index contributed by atoms with van der Waals surface area (Å²) >= 11 is 0. The molecule has 3 aliphatic heterocycles. The number of alkyl halides is 6. The number of ether oxygens (including phenoxy) is 1. The third-order valence-electron chi connectivity index (χ3n) is 6.33. The SMILES string of the molecule is O=C1CO[C@H]2CCN(C(=O)N3CC(CNC(c4ccc(C(F)(F)F)cc4)C(F)(F)F)C3)C[C@H]2N1. The molecule has 1 aromatic rings. The number of likely N-dealkylation sites (tertiary alicyclic amines) is 2. The predicted molar refractivity (Wildman–Crippen MR) is 107 cm³/mol. The lowest BCUT2D eigenvalue weighted by Crippen LogP contribution is -2.64. The molecule has 7 nitrogen and oxygen atoms in total. The zero-order chi connectivity index (χ0) is 24.7. The first-order valence-corrected chi connectivity index (χ1v) is 10.8. The zero-order valence-corrected chi connectivity index (χ0v) is 18.0. The molecule has 3 atom stereocenters. The second kappa shape index (κ2) is 9.25. The minimum absolute atomic E-state index is 0.00130. The maximum Gasteiger partial charge on any atom is 0.416 e. The maximum absolute atomic E-state index is 13.5. The predicted octanol–water partition coefficient (Wildman–Crippen LogP) is 2.54. The molecule has 0 aliphatic carbocycles. The fraction of sp³-hybridized carbons (Fsp3) is 0.619. The summed E-state index contributed by atoms with van der Waals surface area (Å²) in [5.41, 5.74) is -1.33. The van der Waals surface area contributed by atoms with Crippen molar-refractivity contribution in [1.82, 2.24) is 20.4 Å². The number of amides is 3. The van der Waals surface area contributed by atoms with Gasteiger partial charge in [0.25, 0.3) is 0 Å². The van der Waals surface area contributed by atoms with Crippen LogP contribution in [0.1, 0.15) is 23.6 Å². The van der Waals surface area contributed by atoms with Crippen LogP contribution in [-0.4, -0.2) is 79.4 Å².